The Morgan fingerprint density at radius 3 is 2.83 bits per heavy atom. The lowest BCUT2D eigenvalue weighted by molar-refractivity contribution is 0.104. The van der Waals surface area contributed by atoms with Crippen LogP contribution in [0.1, 0.15) is 35.7 Å². The van der Waals surface area contributed by atoms with Gasteiger partial charge >= 0.3 is 0 Å². The quantitative estimate of drug-likeness (QED) is 0.425. The van der Waals surface area contributed by atoms with Crippen molar-refractivity contribution in [3.05, 3.63) is 47.8 Å². The van der Waals surface area contributed by atoms with Crippen molar-refractivity contribution < 1.29 is 14.3 Å². The standard InChI is InChI=1S/C18H22N2O3/c1-4-5-10-23-18-11-14(7-9-17(18)22-3)6-8-16(21)15-12-19-20(2)13-15/h6-9,11-13H,4-5,10H2,1-3H3. The van der Waals surface area contributed by atoms with Crippen molar-refractivity contribution in [3.63, 3.8) is 0 Å². The summed E-state index contributed by atoms with van der Waals surface area (Å²) in [6, 6.07) is 5.61. The molecule has 23 heavy (non-hydrogen) atoms. The molecule has 0 fully saturated rings. The van der Waals surface area contributed by atoms with Crippen molar-refractivity contribution in [2.24, 2.45) is 7.05 Å². The highest BCUT2D eigenvalue weighted by Crippen LogP contribution is 2.28. The highest BCUT2D eigenvalue weighted by atomic mass is 16.5. The number of nitrogens with zero attached hydrogens (tertiary/aromatic N) is 2. The fraction of sp³-hybridized carbons (Fsp3) is 0.333. The number of methoxy groups -OCH3 is 1. The molecule has 122 valence electrons. The molecule has 2 aromatic rings. The van der Waals surface area contributed by atoms with Crippen LogP contribution in [-0.2, 0) is 7.05 Å². The van der Waals surface area contributed by atoms with Gasteiger partial charge in [0.1, 0.15) is 0 Å². The summed E-state index contributed by atoms with van der Waals surface area (Å²) in [5.41, 5.74) is 1.45. The van der Waals surface area contributed by atoms with Crippen LogP contribution >= 0.6 is 0 Å². The first-order valence-corrected chi connectivity index (χ1v) is 7.66. The number of carbonyl (C=O) groups is 1. The maximum atomic E-state index is 12.1. The van der Waals surface area contributed by atoms with Gasteiger partial charge in [-0.15, -0.1) is 0 Å². The van der Waals surface area contributed by atoms with Gasteiger partial charge in [0.25, 0.3) is 0 Å². The zero-order valence-corrected chi connectivity index (χ0v) is 13.8. The van der Waals surface area contributed by atoms with Crippen LogP contribution in [0.2, 0.25) is 0 Å². The molecule has 0 radical (unpaired) electrons. The van der Waals surface area contributed by atoms with Gasteiger partial charge in [0.2, 0.25) is 0 Å². The van der Waals surface area contributed by atoms with Crippen molar-refractivity contribution in [1.29, 1.82) is 0 Å². The lowest BCUT2D eigenvalue weighted by Gasteiger charge is -2.11. The van der Waals surface area contributed by atoms with E-state index in [1.165, 1.54) is 6.08 Å². The van der Waals surface area contributed by atoms with E-state index in [-0.39, 0.29) is 5.78 Å². The average Bonchev–Trinajstić information content (AvgIpc) is 2.99. The van der Waals surface area contributed by atoms with Gasteiger partial charge in [0.05, 0.1) is 25.5 Å². The molecule has 0 bridgehead atoms. The van der Waals surface area contributed by atoms with Gasteiger partial charge in [-0.2, -0.15) is 5.10 Å². The maximum Gasteiger partial charge on any atom is 0.189 e. The van der Waals surface area contributed by atoms with Crippen LogP contribution in [0.5, 0.6) is 11.5 Å². The topological polar surface area (TPSA) is 53.3 Å². The lowest BCUT2D eigenvalue weighted by Crippen LogP contribution is -1.99. The van der Waals surface area contributed by atoms with Gasteiger partial charge < -0.3 is 9.47 Å². The second kappa shape index (κ2) is 8.17. The van der Waals surface area contributed by atoms with E-state index in [0.29, 0.717) is 23.7 Å². The zero-order valence-electron chi connectivity index (χ0n) is 13.8. The molecule has 0 spiro atoms. The van der Waals surface area contributed by atoms with Gasteiger partial charge in [0, 0.05) is 13.2 Å². The van der Waals surface area contributed by atoms with Gasteiger partial charge in [-0.05, 0) is 30.2 Å². The number of carbonyl (C=O) groups excluding carboxylic acids is 1. The Morgan fingerprint density at radius 2 is 2.17 bits per heavy atom. The molecule has 5 nitrogen and oxygen atoms in total. The summed E-state index contributed by atoms with van der Waals surface area (Å²) in [7, 11) is 3.40. The van der Waals surface area contributed by atoms with Crippen LogP contribution in [0.25, 0.3) is 6.08 Å². The van der Waals surface area contributed by atoms with Crippen molar-refractivity contribution in [2.75, 3.05) is 13.7 Å². The van der Waals surface area contributed by atoms with E-state index in [1.54, 1.807) is 37.3 Å². The number of aryl methyl sites for hydroxylation is 1. The molecule has 1 heterocycles. The highest BCUT2D eigenvalue weighted by Gasteiger charge is 2.06. The lowest BCUT2D eigenvalue weighted by atomic mass is 10.1. The number of ether oxygens (including phenoxy) is 2. The summed E-state index contributed by atoms with van der Waals surface area (Å²) in [6.45, 7) is 2.76. The summed E-state index contributed by atoms with van der Waals surface area (Å²) < 4.78 is 12.7. The fourth-order valence-electron chi connectivity index (χ4n) is 2.05. The summed E-state index contributed by atoms with van der Waals surface area (Å²) in [6.07, 6.45) is 8.61. The SMILES string of the molecule is CCCCOc1cc(C=CC(=O)c2cnn(C)c2)ccc1OC. The van der Waals surface area contributed by atoms with E-state index in [4.69, 9.17) is 9.47 Å². The van der Waals surface area contributed by atoms with Crippen LogP contribution in [0, 0.1) is 0 Å². The number of unbranched alkanes of at least 4 members (excludes halogenated alkanes) is 1. The summed E-state index contributed by atoms with van der Waals surface area (Å²) in [5, 5.41) is 4.00. The van der Waals surface area contributed by atoms with E-state index in [2.05, 4.69) is 12.0 Å². The first-order chi connectivity index (χ1) is 11.1. The summed E-state index contributed by atoms with van der Waals surface area (Å²) in [4.78, 5) is 12.1. The molecule has 0 saturated carbocycles. The number of hydrogen-bond acceptors (Lipinski definition) is 4. The van der Waals surface area contributed by atoms with Crippen LogP contribution in [0.3, 0.4) is 0 Å². The van der Waals surface area contributed by atoms with Crippen molar-refractivity contribution in [1.82, 2.24) is 9.78 Å². The third-order valence-corrected chi connectivity index (χ3v) is 3.36. The number of benzene rings is 1. The molecule has 0 N–H and O–H groups in total. The maximum absolute atomic E-state index is 12.1. The monoisotopic (exact) mass is 314 g/mol. The zero-order chi connectivity index (χ0) is 16.7. The van der Waals surface area contributed by atoms with E-state index in [0.717, 1.165) is 18.4 Å². The molecule has 0 aliphatic rings. The van der Waals surface area contributed by atoms with Crippen LogP contribution in [0.15, 0.2) is 36.7 Å². The van der Waals surface area contributed by atoms with Crippen LogP contribution in [-0.4, -0.2) is 29.3 Å². The smallest absolute Gasteiger partial charge is 0.189 e. The number of rotatable bonds is 8. The minimum atomic E-state index is -0.0811. The minimum absolute atomic E-state index is 0.0811. The molecule has 0 amide bonds. The van der Waals surface area contributed by atoms with Crippen LogP contribution in [0.4, 0.5) is 0 Å². The van der Waals surface area contributed by atoms with E-state index in [9.17, 15) is 4.79 Å². The van der Waals surface area contributed by atoms with E-state index >= 15 is 0 Å². The number of ketones is 1. The second-order valence-electron chi connectivity index (χ2n) is 5.21. The van der Waals surface area contributed by atoms with Crippen molar-refractivity contribution in [2.45, 2.75) is 19.8 Å². The molecule has 0 aliphatic heterocycles. The van der Waals surface area contributed by atoms with Crippen LogP contribution < -0.4 is 9.47 Å². The minimum Gasteiger partial charge on any atom is -0.493 e. The molecule has 0 saturated heterocycles. The molecular weight excluding hydrogens is 292 g/mol. The highest BCUT2D eigenvalue weighted by molar-refractivity contribution is 6.06. The number of aromatic nitrogens is 2. The predicted molar refractivity (Wildman–Crippen MR) is 90.0 cm³/mol. The first-order valence-electron chi connectivity index (χ1n) is 7.66. The number of hydrogen-bond donors (Lipinski definition) is 0. The Kier molecular flexibility index (Phi) is 5.97. The van der Waals surface area contributed by atoms with Crippen molar-refractivity contribution in [3.8, 4) is 11.5 Å². The molecule has 5 heteroatoms. The Labute approximate surface area is 136 Å². The van der Waals surface area contributed by atoms with Gasteiger partial charge in [0.15, 0.2) is 17.3 Å². The Morgan fingerprint density at radius 1 is 1.35 bits per heavy atom. The second-order valence-corrected chi connectivity index (χ2v) is 5.21. The average molecular weight is 314 g/mol. The normalized spacial score (nSPS) is 10.9. The third-order valence-electron chi connectivity index (χ3n) is 3.36. The van der Waals surface area contributed by atoms with Gasteiger partial charge in [-0.1, -0.05) is 25.5 Å². The van der Waals surface area contributed by atoms with Gasteiger partial charge in [-0.25, -0.2) is 0 Å². The Balaban J connectivity index is 2.11. The molecule has 0 unspecified atom stereocenters. The Bertz CT molecular complexity index is 689. The molecule has 0 aliphatic carbocycles. The van der Waals surface area contributed by atoms with Crippen molar-refractivity contribution >= 4 is 11.9 Å². The molecule has 2 rings (SSSR count). The van der Waals surface area contributed by atoms with E-state index < -0.39 is 0 Å². The third kappa shape index (κ3) is 4.71. The predicted octanol–water partition coefficient (Wildman–Crippen LogP) is 3.50. The first kappa shape index (κ1) is 16.8. The van der Waals surface area contributed by atoms with E-state index in [1.807, 2.05) is 18.2 Å². The Hall–Kier alpha value is -2.56. The molecule has 1 aromatic heterocycles. The molecular formula is C18H22N2O3. The largest absolute Gasteiger partial charge is 0.493 e. The summed E-state index contributed by atoms with van der Waals surface area (Å²) >= 11 is 0. The molecule has 0 atom stereocenters. The molecule has 1 aromatic carbocycles. The van der Waals surface area contributed by atoms with Gasteiger partial charge in [-0.3, -0.25) is 9.48 Å². The number of allylic oxidation sites excluding steroid dienone is 1. The summed E-state index contributed by atoms with van der Waals surface area (Å²) in [5.74, 6) is 1.30. The fourth-order valence-corrected chi connectivity index (χ4v) is 2.05.